The minimum atomic E-state index is -0.314. The van der Waals surface area contributed by atoms with Crippen molar-refractivity contribution in [3.8, 4) is 22.6 Å². The highest BCUT2D eigenvalue weighted by atomic mass is 35.5. The number of hydrogen-bond donors (Lipinski definition) is 2. The molecule has 0 atom stereocenters. The summed E-state index contributed by atoms with van der Waals surface area (Å²) in [6.07, 6.45) is 0. The summed E-state index contributed by atoms with van der Waals surface area (Å²) >= 11 is 6.15. The third kappa shape index (κ3) is 2.69. The minimum absolute atomic E-state index is 0.136. The van der Waals surface area contributed by atoms with E-state index in [9.17, 15) is 5.11 Å². The molecule has 4 aromatic rings. The van der Waals surface area contributed by atoms with Gasteiger partial charge < -0.3 is 15.3 Å². The number of anilines is 1. The third-order valence-corrected chi connectivity index (χ3v) is 4.07. The van der Waals surface area contributed by atoms with Crippen LogP contribution in [0.4, 0.5) is 5.95 Å². The normalized spacial score (nSPS) is 11.4. The highest BCUT2D eigenvalue weighted by molar-refractivity contribution is 6.29. The van der Waals surface area contributed by atoms with E-state index >= 15 is 0 Å². The largest absolute Gasteiger partial charge is 0.460 e. The van der Waals surface area contributed by atoms with Gasteiger partial charge >= 0.3 is 0 Å². The van der Waals surface area contributed by atoms with Gasteiger partial charge in [-0.15, -0.1) is 5.10 Å². The first-order chi connectivity index (χ1) is 12.5. The van der Waals surface area contributed by atoms with Gasteiger partial charge in [-0.3, -0.25) is 0 Å². The van der Waals surface area contributed by atoms with Gasteiger partial charge in [0.1, 0.15) is 23.2 Å². The van der Waals surface area contributed by atoms with Gasteiger partial charge in [-0.05, 0) is 43.7 Å². The van der Waals surface area contributed by atoms with Gasteiger partial charge in [-0.25, -0.2) is 15.0 Å². The Kier molecular flexibility index (Phi) is 3.86. The Balaban J connectivity index is 2.12. The molecule has 0 amide bonds. The zero-order valence-electron chi connectivity index (χ0n) is 14.1. The number of halogens is 1. The Morgan fingerprint density at radius 2 is 2.00 bits per heavy atom. The van der Waals surface area contributed by atoms with Gasteiger partial charge in [-0.1, -0.05) is 11.6 Å². The number of nitrogens with zero attached hydrogens (tertiary/aromatic N) is 5. The summed E-state index contributed by atoms with van der Waals surface area (Å²) < 4.78 is 7.15. The molecule has 0 saturated carbocycles. The number of pyridine rings is 1. The van der Waals surface area contributed by atoms with Crippen LogP contribution >= 0.6 is 11.6 Å². The molecule has 9 heteroatoms. The summed E-state index contributed by atoms with van der Waals surface area (Å²) in [5.41, 5.74) is 9.17. The lowest BCUT2D eigenvalue weighted by molar-refractivity contribution is 0.271. The van der Waals surface area contributed by atoms with Gasteiger partial charge in [-0.2, -0.15) is 4.52 Å². The molecule has 0 unspecified atom stereocenters. The molecule has 0 radical (unpaired) electrons. The van der Waals surface area contributed by atoms with Crippen LogP contribution < -0.4 is 5.73 Å². The van der Waals surface area contributed by atoms with E-state index in [0.717, 1.165) is 17.0 Å². The van der Waals surface area contributed by atoms with Crippen LogP contribution in [-0.2, 0) is 6.61 Å². The number of aliphatic hydroxyl groups excluding tert-OH is 1. The first-order valence-electron chi connectivity index (χ1n) is 7.83. The van der Waals surface area contributed by atoms with E-state index in [1.165, 1.54) is 4.52 Å². The van der Waals surface area contributed by atoms with Crippen molar-refractivity contribution in [2.45, 2.75) is 20.5 Å². The number of aromatic nitrogens is 5. The second kappa shape index (κ2) is 6.08. The Morgan fingerprint density at radius 3 is 2.65 bits per heavy atom. The highest BCUT2D eigenvalue weighted by Gasteiger charge is 2.22. The lowest BCUT2D eigenvalue weighted by Crippen LogP contribution is -2.06. The predicted octanol–water partition coefficient (Wildman–Crippen LogP) is 2.79. The average Bonchev–Trinajstić information content (AvgIpc) is 3.20. The summed E-state index contributed by atoms with van der Waals surface area (Å²) in [7, 11) is 0. The molecule has 4 heterocycles. The molecule has 0 spiro atoms. The van der Waals surface area contributed by atoms with Crippen molar-refractivity contribution in [1.82, 2.24) is 24.6 Å². The molecule has 132 valence electrons. The summed E-state index contributed by atoms with van der Waals surface area (Å²) in [6, 6.07) is 7.24. The molecule has 8 nitrogen and oxygen atoms in total. The average molecular weight is 371 g/mol. The number of hydrogen-bond acceptors (Lipinski definition) is 7. The molecule has 4 aromatic heterocycles. The van der Waals surface area contributed by atoms with Crippen molar-refractivity contribution in [2.24, 2.45) is 0 Å². The van der Waals surface area contributed by atoms with E-state index in [1.54, 1.807) is 6.07 Å². The lowest BCUT2D eigenvalue weighted by atomic mass is 10.0. The van der Waals surface area contributed by atoms with Crippen LogP contribution in [0.2, 0.25) is 5.15 Å². The van der Waals surface area contributed by atoms with Crippen LogP contribution in [0.5, 0.6) is 0 Å². The number of nitrogen functional groups attached to an aromatic ring is 1. The van der Waals surface area contributed by atoms with E-state index in [-0.39, 0.29) is 18.4 Å². The van der Waals surface area contributed by atoms with Crippen LogP contribution in [0.25, 0.3) is 28.2 Å². The Hall–Kier alpha value is -2.97. The van der Waals surface area contributed by atoms with Crippen LogP contribution in [0.15, 0.2) is 28.7 Å². The molecular weight excluding hydrogens is 356 g/mol. The lowest BCUT2D eigenvalue weighted by Gasteiger charge is -2.11. The minimum Gasteiger partial charge on any atom is -0.460 e. The molecule has 26 heavy (non-hydrogen) atoms. The van der Waals surface area contributed by atoms with E-state index in [2.05, 4.69) is 20.1 Å². The number of aryl methyl sites for hydroxylation is 2. The SMILES string of the molecule is Cc1cc(-c2c(-c3ccc(C)o3)nc(N)n3nc(CO)nc23)cc(Cl)n1. The van der Waals surface area contributed by atoms with Crippen molar-refractivity contribution in [3.05, 3.63) is 46.7 Å². The fourth-order valence-corrected chi connectivity index (χ4v) is 3.10. The summed E-state index contributed by atoms with van der Waals surface area (Å²) in [6.45, 7) is 3.38. The second-order valence-corrected chi connectivity index (χ2v) is 6.23. The van der Waals surface area contributed by atoms with Crippen LogP contribution in [0, 0.1) is 13.8 Å². The maximum atomic E-state index is 9.42. The Bertz CT molecular complexity index is 1110. The molecule has 0 aliphatic carbocycles. The van der Waals surface area contributed by atoms with E-state index < -0.39 is 0 Å². The highest BCUT2D eigenvalue weighted by Crippen LogP contribution is 2.36. The second-order valence-electron chi connectivity index (χ2n) is 5.85. The molecule has 0 aromatic carbocycles. The standard InChI is InChI=1S/C17H15ClN6O2/c1-8-5-10(6-12(18)20-8)14-15(11-4-3-9(2)26-11)22-17(19)24-16(14)21-13(7-25)23-24/h3-6,25H,7H2,1-2H3,(H2,19,22). The van der Waals surface area contributed by atoms with E-state index in [0.29, 0.717) is 27.8 Å². The predicted molar refractivity (Wildman–Crippen MR) is 96.5 cm³/mol. The quantitative estimate of drug-likeness (QED) is 0.532. The number of furan rings is 1. The molecule has 0 saturated heterocycles. The third-order valence-electron chi connectivity index (χ3n) is 3.88. The number of fused-ring (bicyclic) bond motifs is 1. The van der Waals surface area contributed by atoms with Crippen molar-refractivity contribution < 1.29 is 9.52 Å². The van der Waals surface area contributed by atoms with Gasteiger partial charge in [0.2, 0.25) is 5.95 Å². The zero-order chi connectivity index (χ0) is 18.4. The number of rotatable bonds is 3. The topological polar surface area (TPSA) is 115 Å². The van der Waals surface area contributed by atoms with Gasteiger partial charge in [0.25, 0.3) is 0 Å². The van der Waals surface area contributed by atoms with Crippen LogP contribution in [-0.4, -0.2) is 29.7 Å². The first-order valence-corrected chi connectivity index (χ1v) is 8.21. The fraction of sp³-hybridized carbons (Fsp3) is 0.176. The maximum Gasteiger partial charge on any atom is 0.223 e. The van der Waals surface area contributed by atoms with E-state index in [1.807, 2.05) is 32.0 Å². The molecule has 3 N–H and O–H groups in total. The molecular formula is C17H15ClN6O2. The Labute approximate surface area is 153 Å². The smallest absolute Gasteiger partial charge is 0.223 e. The monoisotopic (exact) mass is 370 g/mol. The fourth-order valence-electron chi connectivity index (χ4n) is 2.85. The van der Waals surface area contributed by atoms with Gasteiger partial charge in [0, 0.05) is 5.69 Å². The van der Waals surface area contributed by atoms with Crippen molar-refractivity contribution in [2.75, 3.05) is 5.73 Å². The van der Waals surface area contributed by atoms with Crippen molar-refractivity contribution in [1.29, 1.82) is 0 Å². The molecule has 0 aliphatic rings. The van der Waals surface area contributed by atoms with Gasteiger partial charge in [0.15, 0.2) is 17.2 Å². The Morgan fingerprint density at radius 1 is 1.19 bits per heavy atom. The molecule has 0 fully saturated rings. The van der Waals surface area contributed by atoms with Crippen molar-refractivity contribution >= 4 is 23.2 Å². The van der Waals surface area contributed by atoms with Crippen molar-refractivity contribution in [3.63, 3.8) is 0 Å². The van der Waals surface area contributed by atoms with E-state index in [4.69, 9.17) is 21.8 Å². The number of nitrogens with two attached hydrogens (primary N) is 1. The van der Waals surface area contributed by atoms with Crippen LogP contribution in [0.1, 0.15) is 17.3 Å². The molecule has 4 rings (SSSR count). The summed E-state index contributed by atoms with van der Waals surface area (Å²) in [5, 5.41) is 14.0. The molecule has 0 bridgehead atoms. The van der Waals surface area contributed by atoms with Gasteiger partial charge in [0.05, 0.1) is 5.56 Å². The maximum absolute atomic E-state index is 9.42. The zero-order valence-corrected chi connectivity index (χ0v) is 14.8. The number of aliphatic hydroxyl groups is 1. The summed E-state index contributed by atoms with van der Waals surface area (Å²) in [5.74, 6) is 1.67. The summed E-state index contributed by atoms with van der Waals surface area (Å²) in [4.78, 5) is 13.1. The van der Waals surface area contributed by atoms with Crippen LogP contribution in [0.3, 0.4) is 0 Å². The first kappa shape index (κ1) is 16.5. The molecule has 0 aliphatic heterocycles.